The molecule has 2 saturated heterocycles. The molecule has 0 unspecified atom stereocenters. The van der Waals surface area contributed by atoms with Gasteiger partial charge in [-0.2, -0.15) is 4.68 Å². The van der Waals surface area contributed by atoms with Crippen molar-refractivity contribution in [2.75, 3.05) is 25.0 Å². The fraction of sp³-hybridized carbons (Fsp3) is 0.533. The molecular formula is C15H20N6O. The summed E-state index contributed by atoms with van der Waals surface area (Å²) in [5.74, 6) is 0.699. The molecule has 0 aliphatic carbocycles. The zero-order valence-electron chi connectivity index (χ0n) is 12.6. The van der Waals surface area contributed by atoms with E-state index in [0.717, 1.165) is 31.8 Å². The van der Waals surface area contributed by atoms with Crippen LogP contribution in [0.2, 0.25) is 0 Å². The first-order valence-corrected chi connectivity index (χ1v) is 7.75. The quantitative estimate of drug-likeness (QED) is 0.910. The maximum Gasteiger partial charge on any atom is 0.248 e. The lowest BCUT2D eigenvalue weighted by molar-refractivity contribution is -0.0390. The molecule has 0 radical (unpaired) electrons. The number of tetrazole rings is 1. The van der Waals surface area contributed by atoms with Gasteiger partial charge in [0.25, 0.3) is 0 Å². The van der Waals surface area contributed by atoms with Crippen molar-refractivity contribution >= 4 is 5.95 Å². The van der Waals surface area contributed by atoms with Gasteiger partial charge in [-0.1, -0.05) is 23.3 Å². The second-order valence-corrected chi connectivity index (χ2v) is 6.08. The highest BCUT2D eigenvalue weighted by Crippen LogP contribution is 2.25. The second-order valence-electron chi connectivity index (χ2n) is 6.08. The van der Waals surface area contributed by atoms with Gasteiger partial charge in [0.1, 0.15) is 0 Å². The fourth-order valence-electron chi connectivity index (χ4n) is 3.35. The number of para-hydroxylation sites is 1. The van der Waals surface area contributed by atoms with Gasteiger partial charge in [-0.3, -0.25) is 4.90 Å². The van der Waals surface area contributed by atoms with Crippen LogP contribution in [-0.4, -0.2) is 63.0 Å². The molecule has 1 N–H and O–H groups in total. The van der Waals surface area contributed by atoms with E-state index in [-0.39, 0.29) is 0 Å². The van der Waals surface area contributed by atoms with E-state index < -0.39 is 0 Å². The Labute approximate surface area is 129 Å². The van der Waals surface area contributed by atoms with Gasteiger partial charge in [-0.15, -0.1) is 0 Å². The van der Waals surface area contributed by atoms with Crippen molar-refractivity contribution in [3.8, 4) is 5.69 Å². The van der Waals surface area contributed by atoms with E-state index in [0.29, 0.717) is 24.1 Å². The summed E-state index contributed by atoms with van der Waals surface area (Å²) in [4.78, 5) is 2.50. The average molecular weight is 300 g/mol. The molecule has 3 heterocycles. The number of benzene rings is 1. The first-order chi connectivity index (χ1) is 10.8. The number of nitrogens with zero attached hydrogens (tertiary/aromatic N) is 5. The number of nitrogens with one attached hydrogen (secondary N) is 1. The number of ether oxygens (including phenoxy) is 1. The van der Waals surface area contributed by atoms with Crippen molar-refractivity contribution in [3.63, 3.8) is 0 Å². The molecule has 2 aliphatic rings. The van der Waals surface area contributed by atoms with Gasteiger partial charge in [0.15, 0.2) is 0 Å². The number of morpholine rings is 1. The normalized spacial score (nSPS) is 28.5. The number of hydrogen-bond acceptors (Lipinski definition) is 6. The molecule has 0 amide bonds. The summed E-state index contributed by atoms with van der Waals surface area (Å²) >= 11 is 0. The van der Waals surface area contributed by atoms with E-state index in [1.54, 1.807) is 4.68 Å². The van der Waals surface area contributed by atoms with Crippen molar-refractivity contribution in [1.82, 2.24) is 25.1 Å². The van der Waals surface area contributed by atoms with Crippen LogP contribution in [0.25, 0.3) is 5.69 Å². The van der Waals surface area contributed by atoms with Crippen molar-refractivity contribution in [1.29, 1.82) is 0 Å². The highest BCUT2D eigenvalue weighted by molar-refractivity contribution is 5.39. The minimum atomic E-state index is 0.324. The molecule has 3 atom stereocenters. The lowest BCUT2D eigenvalue weighted by atomic mass is 10.1. The number of rotatable bonds is 3. The second kappa shape index (κ2) is 5.66. The van der Waals surface area contributed by atoms with Crippen molar-refractivity contribution in [2.45, 2.75) is 31.5 Å². The van der Waals surface area contributed by atoms with E-state index in [2.05, 4.69) is 32.7 Å². The summed E-state index contributed by atoms with van der Waals surface area (Å²) in [5, 5.41) is 15.5. The van der Waals surface area contributed by atoms with Crippen LogP contribution in [0, 0.1) is 0 Å². The molecule has 1 aromatic carbocycles. The van der Waals surface area contributed by atoms with Gasteiger partial charge in [-0.25, -0.2) is 0 Å². The van der Waals surface area contributed by atoms with Crippen molar-refractivity contribution < 1.29 is 4.74 Å². The van der Waals surface area contributed by atoms with E-state index in [1.165, 1.54) is 0 Å². The van der Waals surface area contributed by atoms with Crippen LogP contribution in [-0.2, 0) is 4.74 Å². The van der Waals surface area contributed by atoms with Gasteiger partial charge < -0.3 is 10.1 Å². The van der Waals surface area contributed by atoms with Crippen LogP contribution in [0.15, 0.2) is 30.3 Å². The molecule has 0 spiro atoms. The summed E-state index contributed by atoms with van der Waals surface area (Å²) in [7, 11) is 0. The van der Waals surface area contributed by atoms with Gasteiger partial charge in [0, 0.05) is 25.2 Å². The van der Waals surface area contributed by atoms with Crippen LogP contribution in [0.4, 0.5) is 5.95 Å². The van der Waals surface area contributed by atoms with Gasteiger partial charge in [-0.05, 0) is 35.9 Å². The SMILES string of the molecule is C[C@H]1CN2C[C@@H](Nc3nnnn3-c3ccccc3)C[C@H]2CO1. The Kier molecular flexibility index (Phi) is 3.51. The topological polar surface area (TPSA) is 68.1 Å². The van der Waals surface area contributed by atoms with E-state index >= 15 is 0 Å². The molecule has 0 saturated carbocycles. The number of anilines is 1. The molecule has 2 aromatic rings. The smallest absolute Gasteiger partial charge is 0.248 e. The molecule has 7 nitrogen and oxygen atoms in total. The zero-order chi connectivity index (χ0) is 14.9. The van der Waals surface area contributed by atoms with Crippen LogP contribution in [0.3, 0.4) is 0 Å². The third kappa shape index (κ3) is 2.57. The van der Waals surface area contributed by atoms with Gasteiger partial charge >= 0.3 is 0 Å². The predicted molar refractivity (Wildman–Crippen MR) is 82.0 cm³/mol. The van der Waals surface area contributed by atoms with Crippen LogP contribution in [0.1, 0.15) is 13.3 Å². The number of aromatic nitrogens is 4. The third-order valence-corrected chi connectivity index (χ3v) is 4.40. The average Bonchev–Trinajstić information content (AvgIpc) is 3.14. The van der Waals surface area contributed by atoms with E-state index in [9.17, 15) is 0 Å². The minimum Gasteiger partial charge on any atom is -0.376 e. The molecular weight excluding hydrogens is 280 g/mol. The highest BCUT2D eigenvalue weighted by Gasteiger charge is 2.36. The number of fused-ring (bicyclic) bond motifs is 1. The summed E-state index contributed by atoms with van der Waals surface area (Å²) in [6, 6.07) is 10.8. The number of hydrogen-bond donors (Lipinski definition) is 1. The Hall–Kier alpha value is -1.99. The maximum absolute atomic E-state index is 5.75. The van der Waals surface area contributed by atoms with Crippen LogP contribution < -0.4 is 5.32 Å². The molecule has 2 aliphatic heterocycles. The van der Waals surface area contributed by atoms with Crippen LogP contribution in [0.5, 0.6) is 0 Å². The Balaban J connectivity index is 1.48. The Morgan fingerprint density at radius 3 is 2.95 bits per heavy atom. The zero-order valence-corrected chi connectivity index (χ0v) is 12.6. The molecule has 116 valence electrons. The molecule has 22 heavy (non-hydrogen) atoms. The molecule has 2 fully saturated rings. The van der Waals surface area contributed by atoms with E-state index in [4.69, 9.17) is 4.74 Å². The Morgan fingerprint density at radius 2 is 2.09 bits per heavy atom. The lowest BCUT2D eigenvalue weighted by Gasteiger charge is -2.33. The molecule has 4 rings (SSSR count). The molecule has 0 bridgehead atoms. The first kappa shape index (κ1) is 13.7. The Bertz CT molecular complexity index is 630. The monoisotopic (exact) mass is 300 g/mol. The molecule has 7 heteroatoms. The fourth-order valence-corrected chi connectivity index (χ4v) is 3.35. The van der Waals surface area contributed by atoms with Crippen molar-refractivity contribution in [3.05, 3.63) is 30.3 Å². The highest BCUT2D eigenvalue weighted by atomic mass is 16.5. The van der Waals surface area contributed by atoms with Gasteiger partial charge in [0.2, 0.25) is 5.95 Å². The van der Waals surface area contributed by atoms with Gasteiger partial charge in [0.05, 0.1) is 18.4 Å². The Morgan fingerprint density at radius 1 is 1.23 bits per heavy atom. The maximum atomic E-state index is 5.75. The third-order valence-electron chi connectivity index (χ3n) is 4.40. The summed E-state index contributed by atoms with van der Waals surface area (Å²) in [5.41, 5.74) is 0.961. The minimum absolute atomic E-state index is 0.324. The predicted octanol–water partition coefficient (Wildman–Crippen LogP) is 0.936. The summed E-state index contributed by atoms with van der Waals surface area (Å²) in [6.45, 7) is 4.97. The molecule has 1 aromatic heterocycles. The summed E-state index contributed by atoms with van der Waals surface area (Å²) in [6.07, 6.45) is 1.39. The standard InChI is InChI=1S/C15H20N6O/c1-11-8-20-9-12(7-14(20)10-22-11)16-15-17-18-19-21(15)13-5-3-2-4-6-13/h2-6,11-12,14H,7-10H2,1H3,(H,16,17,19)/t11-,12-,14-/m0/s1. The van der Waals surface area contributed by atoms with Crippen LogP contribution >= 0.6 is 0 Å². The first-order valence-electron chi connectivity index (χ1n) is 7.75. The summed E-state index contributed by atoms with van der Waals surface area (Å²) < 4.78 is 7.50. The van der Waals surface area contributed by atoms with E-state index in [1.807, 2.05) is 30.3 Å². The lowest BCUT2D eigenvalue weighted by Crippen LogP contribution is -2.45. The van der Waals surface area contributed by atoms with Crippen molar-refractivity contribution in [2.24, 2.45) is 0 Å². The largest absolute Gasteiger partial charge is 0.376 e.